The maximum atomic E-state index is 13.8. The molecule has 2 aromatic carbocycles. The van der Waals surface area contributed by atoms with Crippen LogP contribution in [0.2, 0.25) is 0 Å². The van der Waals surface area contributed by atoms with Crippen LogP contribution in [0.1, 0.15) is 16.1 Å². The Bertz CT molecular complexity index is 999. The van der Waals surface area contributed by atoms with E-state index in [2.05, 4.69) is 16.9 Å². The third kappa shape index (κ3) is 4.63. The predicted molar refractivity (Wildman–Crippen MR) is 112 cm³/mol. The van der Waals surface area contributed by atoms with E-state index in [1.54, 1.807) is 18.2 Å². The molecule has 0 saturated carbocycles. The van der Waals surface area contributed by atoms with Gasteiger partial charge in [-0.1, -0.05) is 30.3 Å². The van der Waals surface area contributed by atoms with E-state index < -0.39 is 0 Å². The Morgan fingerprint density at radius 3 is 2.72 bits per heavy atom. The van der Waals surface area contributed by atoms with Gasteiger partial charge in [-0.05, 0) is 25.2 Å². The maximum absolute atomic E-state index is 13.8. The molecule has 1 aliphatic heterocycles. The molecule has 5 nitrogen and oxygen atoms in total. The summed E-state index contributed by atoms with van der Waals surface area (Å²) in [4.78, 5) is 21.3. The topological polar surface area (TPSA) is 45.7 Å². The molecule has 1 amide bonds. The highest BCUT2D eigenvalue weighted by molar-refractivity contribution is 7.13. The number of nitrogens with zero attached hydrogens (tertiary/aromatic N) is 3. The van der Waals surface area contributed by atoms with Crippen molar-refractivity contribution >= 4 is 17.2 Å². The molecule has 1 saturated heterocycles. The van der Waals surface area contributed by atoms with Crippen LogP contribution < -0.4 is 4.74 Å². The van der Waals surface area contributed by atoms with Crippen LogP contribution in [-0.4, -0.2) is 53.9 Å². The molecule has 2 heterocycles. The van der Waals surface area contributed by atoms with Crippen molar-refractivity contribution in [1.29, 1.82) is 0 Å². The minimum atomic E-state index is -0.282. The highest BCUT2D eigenvalue weighted by Crippen LogP contribution is 2.28. The lowest BCUT2D eigenvalue weighted by Crippen LogP contribution is -2.47. The number of carbonyl (C=O) groups excluding carboxylic acids is 1. The maximum Gasteiger partial charge on any atom is 0.273 e. The molecule has 150 valence electrons. The third-order valence-corrected chi connectivity index (χ3v) is 5.84. The first-order valence-electron chi connectivity index (χ1n) is 9.50. The first kappa shape index (κ1) is 19.5. The van der Waals surface area contributed by atoms with Gasteiger partial charge in [-0.15, -0.1) is 11.3 Å². The van der Waals surface area contributed by atoms with Gasteiger partial charge >= 0.3 is 0 Å². The summed E-state index contributed by atoms with van der Waals surface area (Å²) < 4.78 is 19.5. The van der Waals surface area contributed by atoms with Gasteiger partial charge in [-0.2, -0.15) is 0 Å². The smallest absolute Gasteiger partial charge is 0.273 e. The lowest BCUT2D eigenvalue weighted by Gasteiger charge is -2.31. The summed E-state index contributed by atoms with van der Waals surface area (Å²) in [6.45, 7) is 3.36. The first-order chi connectivity index (χ1) is 14.1. The summed E-state index contributed by atoms with van der Waals surface area (Å²) in [5.74, 6) is 0.330. The van der Waals surface area contributed by atoms with E-state index in [0.717, 1.165) is 36.8 Å². The van der Waals surface area contributed by atoms with Crippen molar-refractivity contribution in [3.63, 3.8) is 0 Å². The van der Waals surface area contributed by atoms with Crippen LogP contribution in [0, 0.1) is 5.82 Å². The van der Waals surface area contributed by atoms with Gasteiger partial charge in [0.15, 0.2) is 0 Å². The Balaban J connectivity index is 1.45. The van der Waals surface area contributed by atoms with E-state index in [9.17, 15) is 9.18 Å². The average molecular weight is 412 g/mol. The second kappa shape index (κ2) is 8.71. The zero-order valence-corrected chi connectivity index (χ0v) is 17.0. The monoisotopic (exact) mass is 411 g/mol. The molecule has 29 heavy (non-hydrogen) atoms. The molecule has 0 radical (unpaired) electrons. The zero-order valence-electron chi connectivity index (χ0n) is 16.2. The van der Waals surface area contributed by atoms with Crippen molar-refractivity contribution in [2.45, 2.75) is 6.61 Å². The zero-order chi connectivity index (χ0) is 20.2. The highest BCUT2D eigenvalue weighted by Gasteiger charge is 2.22. The SMILES string of the molecule is CN1CCN(C(=O)c2csc(-c3cccc(OCc4ccccc4F)c3)n2)CC1. The summed E-state index contributed by atoms with van der Waals surface area (Å²) in [6, 6.07) is 14.1. The van der Waals surface area contributed by atoms with Crippen molar-refractivity contribution in [3.05, 3.63) is 71.0 Å². The predicted octanol–water partition coefficient (Wildman–Crippen LogP) is 3.92. The van der Waals surface area contributed by atoms with Crippen molar-refractivity contribution in [2.24, 2.45) is 0 Å². The molecule has 1 aromatic heterocycles. The van der Waals surface area contributed by atoms with Gasteiger partial charge in [0, 0.05) is 42.7 Å². The second-order valence-electron chi connectivity index (χ2n) is 7.04. The molecule has 1 fully saturated rings. The molecular formula is C22H22FN3O2S. The van der Waals surface area contributed by atoms with Crippen LogP contribution in [0.3, 0.4) is 0 Å². The number of benzene rings is 2. The van der Waals surface area contributed by atoms with Gasteiger partial charge in [0.1, 0.15) is 28.9 Å². The second-order valence-corrected chi connectivity index (χ2v) is 7.90. The molecule has 0 unspecified atom stereocenters. The highest BCUT2D eigenvalue weighted by atomic mass is 32.1. The van der Waals surface area contributed by atoms with Crippen molar-refractivity contribution in [2.75, 3.05) is 33.2 Å². The quantitative estimate of drug-likeness (QED) is 0.639. The van der Waals surface area contributed by atoms with Gasteiger partial charge in [-0.25, -0.2) is 9.37 Å². The molecule has 0 bridgehead atoms. The van der Waals surface area contributed by atoms with Gasteiger partial charge in [0.05, 0.1) is 0 Å². The number of hydrogen-bond donors (Lipinski definition) is 0. The van der Waals surface area contributed by atoms with E-state index in [1.165, 1.54) is 17.4 Å². The van der Waals surface area contributed by atoms with Crippen LogP contribution >= 0.6 is 11.3 Å². The standard InChI is InChI=1S/C22H22FN3O2S/c1-25-9-11-26(12-10-25)22(27)20-15-29-21(24-20)16-6-4-7-18(13-16)28-14-17-5-2-3-8-19(17)23/h2-8,13,15H,9-12,14H2,1H3. The number of thiazole rings is 1. The summed E-state index contributed by atoms with van der Waals surface area (Å²) in [6.07, 6.45) is 0. The summed E-state index contributed by atoms with van der Waals surface area (Å²) in [5.41, 5.74) is 1.86. The number of rotatable bonds is 5. The first-order valence-corrected chi connectivity index (χ1v) is 10.4. The normalized spacial score (nSPS) is 14.8. The minimum absolute atomic E-state index is 0.0208. The third-order valence-electron chi connectivity index (χ3n) is 4.95. The fourth-order valence-corrected chi connectivity index (χ4v) is 3.96. The molecule has 3 aromatic rings. The van der Waals surface area contributed by atoms with Crippen LogP contribution in [0.15, 0.2) is 53.9 Å². The number of piperazine rings is 1. The van der Waals surface area contributed by atoms with Crippen molar-refractivity contribution < 1.29 is 13.9 Å². The molecule has 1 aliphatic rings. The van der Waals surface area contributed by atoms with Crippen LogP contribution in [-0.2, 0) is 6.61 Å². The fourth-order valence-electron chi connectivity index (χ4n) is 3.17. The number of amides is 1. The Labute approximate surface area is 173 Å². The summed E-state index contributed by atoms with van der Waals surface area (Å²) in [7, 11) is 2.06. The summed E-state index contributed by atoms with van der Waals surface area (Å²) >= 11 is 1.44. The van der Waals surface area contributed by atoms with E-state index in [1.807, 2.05) is 34.5 Å². The molecule has 7 heteroatoms. The van der Waals surface area contributed by atoms with Crippen LogP contribution in [0.25, 0.3) is 10.6 Å². The van der Waals surface area contributed by atoms with Crippen molar-refractivity contribution in [3.8, 4) is 16.3 Å². The molecular weight excluding hydrogens is 389 g/mol. The fraction of sp³-hybridized carbons (Fsp3) is 0.273. The number of halogens is 1. The van der Waals surface area contributed by atoms with Crippen molar-refractivity contribution in [1.82, 2.24) is 14.8 Å². The Morgan fingerprint density at radius 1 is 1.14 bits per heavy atom. The van der Waals surface area contributed by atoms with Crippen LogP contribution in [0.4, 0.5) is 4.39 Å². The van der Waals surface area contributed by atoms with Gasteiger partial charge < -0.3 is 14.5 Å². The molecule has 0 N–H and O–H groups in total. The van der Waals surface area contributed by atoms with E-state index >= 15 is 0 Å². The summed E-state index contributed by atoms with van der Waals surface area (Å²) in [5, 5.41) is 2.57. The molecule has 0 spiro atoms. The Morgan fingerprint density at radius 2 is 1.93 bits per heavy atom. The Hall–Kier alpha value is -2.77. The molecule has 0 atom stereocenters. The molecule has 0 aliphatic carbocycles. The van der Waals surface area contributed by atoms with Crippen LogP contribution in [0.5, 0.6) is 5.75 Å². The average Bonchev–Trinajstić information content (AvgIpc) is 3.24. The van der Waals surface area contributed by atoms with E-state index in [4.69, 9.17) is 4.74 Å². The Kier molecular flexibility index (Phi) is 5.87. The lowest BCUT2D eigenvalue weighted by atomic mass is 10.2. The number of aromatic nitrogens is 1. The van der Waals surface area contributed by atoms with E-state index in [0.29, 0.717) is 17.0 Å². The largest absolute Gasteiger partial charge is 0.489 e. The number of carbonyl (C=O) groups is 1. The minimum Gasteiger partial charge on any atom is -0.489 e. The van der Waals surface area contributed by atoms with E-state index in [-0.39, 0.29) is 18.3 Å². The number of hydrogen-bond acceptors (Lipinski definition) is 5. The number of ether oxygens (including phenoxy) is 1. The van der Waals surface area contributed by atoms with Gasteiger partial charge in [0.2, 0.25) is 0 Å². The number of likely N-dealkylation sites (N-methyl/N-ethyl adjacent to an activating group) is 1. The van der Waals surface area contributed by atoms with Gasteiger partial charge in [0.25, 0.3) is 5.91 Å². The van der Waals surface area contributed by atoms with Gasteiger partial charge in [-0.3, -0.25) is 4.79 Å². The molecule has 4 rings (SSSR count). The lowest BCUT2D eigenvalue weighted by molar-refractivity contribution is 0.0659.